The molecule has 3 fully saturated rings. The number of rotatable bonds is 7. The zero-order valence-corrected chi connectivity index (χ0v) is 24.9. The molecule has 0 bridgehead atoms. The molecule has 1 spiro atoms. The van der Waals surface area contributed by atoms with E-state index in [4.69, 9.17) is 4.74 Å². The quantitative estimate of drug-likeness (QED) is 0.358. The van der Waals surface area contributed by atoms with Crippen molar-refractivity contribution in [2.45, 2.75) is 31.7 Å². The summed E-state index contributed by atoms with van der Waals surface area (Å²) in [7, 11) is 1.66. The van der Waals surface area contributed by atoms with Gasteiger partial charge in [0.2, 0.25) is 5.91 Å². The number of benzene rings is 3. The summed E-state index contributed by atoms with van der Waals surface area (Å²) in [4.78, 5) is 33.2. The molecular formula is C34H39ClFN3O3. The van der Waals surface area contributed by atoms with Crippen molar-refractivity contribution in [2.24, 2.45) is 11.3 Å². The number of carbonyl (C=O) groups is 2. The lowest BCUT2D eigenvalue weighted by atomic mass is 9.76. The van der Waals surface area contributed by atoms with E-state index in [0.717, 1.165) is 56.8 Å². The summed E-state index contributed by atoms with van der Waals surface area (Å²) >= 11 is 0. The van der Waals surface area contributed by atoms with Crippen molar-refractivity contribution in [3.8, 4) is 5.75 Å². The van der Waals surface area contributed by atoms with Crippen LogP contribution in [0.3, 0.4) is 0 Å². The first-order chi connectivity index (χ1) is 20.0. The lowest BCUT2D eigenvalue weighted by molar-refractivity contribution is -0.139. The number of piperidine rings is 1. The molecule has 2 amide bonds. The van der Waals surface area contributed by atoms with E-state index >= 15 is 0 Å². The second-order valence-corrected chi connectivity index (χ2v) is 11.9. The van der Waals surface area contributed by atoms with Crippen molar-refractivity contribution in [3.63, 3.8) is 0 Å². The molecule has 3 saturated heterocycles. The number of methoxy groups -OCH3 is 1. The fraction of sp³-hybridized carbons (Fsp3) is 0.412. The molecule has 0 saturated carbocycles. The third-order valence-electron chi connectivity index (χ3n) is 9.50. The molecule has 0 aromatic heterocycles. The minimum absolute atomic E-state index is 0. The van der Waals surface area contributed by atoms with E-state index in [1.165, 1.54) is 11.6 Å². The van der Waals surface area contributed by atoms with E-state index in [1.807, 2.05) is 52.3 Å². The number of ether oxygens (including phenoxy) is 1. The summed E-state index contributed by atoms with van der Waals surface area (Å²) in [5, 5.41) is 0. The molecule has 3 aliphatic heterocycles. The predicted octanol–water partition coefficient (Wildman–Crippen LogP) is 5.63. The van der Waals surface area contributed by atoms with Gasteiger partial charge in [-0.1, -0.05) is 54.6 Å². The van der Waals surface area contributed by atoms with Crippen LogP contribution in [0.15, 0.2) is 78.9 Å². The standard InChI is InChI=1S/C34H38FN3O3.ClH/c1-41-28-13-11-25(12-14-28)21-37-20-17-34(33(37)40)15-18-36(19-16-34)22-27-23-38(24-30(27)26-7-3-2-4-8-26)32(39)29-9-5-6-10-31(29)35;/h2-14,27,30H,15-24H2,1H3;1H/t27-,30+;/m0./s1. The van der Waals surface area contributed by atoms with Gasteiger partial charge in [0, 0.05) is 38.6 Å². The van der Waals surface area contributed by atoms with Gasteiger partial charge in [0.05, 0.1) is 18.1 Å². The van der Waals surface area contributed by atoms with Crippen LogP contribution in [-0.2, 0) is 11.3 Å². The molecule has 0 aliphatic carbocycles. The Labute approximate surface area is 253 Å². The number of halogens is 2. The number of nitrogens with zero attached hydrogens (tertiary/aromatic N) is 3. The minimum Gasteiger partial charge on any atom is -0.497 e. The second kappa shape index (κ2) is 12.8. The largest absolute Gasteiger partial charge is 0.497 e. The third kappa shape index (κ3) is 6.04. The highest BCUT2D eigenvalue weighted by Gasteiger charge is 2.48. The van der Waals surface area contributed by atoms with Gasteiger partial charge in [0.25, 0.3) is 5.91 Å². The molecule has 0 N–H and O–H groups in total. The topological polar surface area (TPSA) is 53.1 Å². The Morgan fingerprint density at radius 2 is 1.57 bits per heavy atom. The first-order valence-corrected chi connectivity index (χ1v) is 14.7. The van der Waals surface area contributed by atoms with Crippen LogP contribution in [0.4, 0.5) is 4.39 Å². The van der Waals surface area contributed by atoms with Crippen LogP contribution >= 0.6 is 12.4 Å². The van der Waals surface area contributed by atoms with Crippen LogP contribution < -0.4 is 4.74 Å². The van der Waals surface area contributed by atoms with Gasteiger partial charge < -0.3 is 19.4 Å². The van der Waals surface area contributed by atoms with Crippen LogP contribution in [0.1, 0.15) is 46.7 Å². The highest BCUT2D eigenvalue weighted by atomic mass is 35.5. The number of hydrogen-bond acceptors (Lipinski definition) is 4. The third-order valence-corrected chi connectivity index (χ3v) is 9.50. The summed E-state index contributed by atoms with van der Waals surface area (Å²) in [6, 6.07) is 24.6. The first-order valence-electron chi connectivity index (χ1n) is 14.7. The van der Waals surface area contributed by atoms with Gasteiger partial charge in [-0.2, -0.15) is 0 Å². The van der Waals surface area contributed by atoms with Crippen LogP contribution in [-0.4, -0.2) is 72.9 Å². The van der Waals surface area contributed by atoms with Crippen LogP contribution in [0, 0.1) is 17.2 Å². The van der Waals surface area contributed by atoms with Crippen molar-refractivity contribution in [1.29, 1.82) is 0 Å². The van der Waals surface area contributed by atoms with Crippen LogP contribution in [0.25, 0.3) is 0 Å². The van der Waals surface area contributed by atoms with E-state index in [-0.39, 0.29) is 47.0 Å². The van der Waals surface area contributed by atoms with Gasteiger partial charge >= 0.3 is 0 Å². The van der Waals surface area contributed by atoms with Gasteiger partial charge in [-0.3, -0.25) is 9.59 Å². The monoisotopic (exact) mass is 591 g/mol. The van der Waals surface area contributed by atoms with E-state index in [2.05, 4.69) is 17.0 Å². The Bertz CT molecular complexity index is 1380. The van der Waals surface area contributed by atoms with Crippen molar-refractivity contribution in [3.05, 3.63) is 101 Å². The van der Waals surface area contributed by atoms with E-state index < -0.39 is 5.82 Å². The molecule has 3 aliphatic rings. The van der Waals surface area contributed by atoms with E-state index in [1.54, 1.807) is 25.3 Å². The Balaban J connectivity index is 0.00000353. The molecule has 3 heterocycles. The lowest BCUT2D eigenvalue weighted by Gasteiger charge is -2.39. The Hall–Kier alpha value is -3.42. The maximum Gasteiger partial charge on any atom is 0.256 e. The zero-order chi connectivity index (χ0) is 28.4. The number of likely N-dealkylation sites (tertiary alicyclic amines) is 3. The van der Waals surface area contributed by atoms with Crippen LogP contribution in [0.2, 0.25) is 0 Å². The number of hydrogen-bond donors (Lipinski definition) is 0. The molecule has 42 heavy (non-hydrogen) atoms. The van der Waals surface area contributed by atoms with Gasteiger partial charge in [-0.15, -0.1) is 12.4 Å². The van der Waals surface area contributed by atoms with Gasteiger partial charge in [-0.25, -0.2) is 4.39 Å². The minimum atomic E-state index is -0.471. The molecule has 6 nitrogen and oxygen atoms in total. The van der Waals surface area contributed by atoms with Crippen LogP contribution in [0.5, 0.6) is 5.75 Å². The summed E-state index contributed by atoms with van der Waals surface area (Å²) in [6.45, 7) is 5.24. The molecule has 8 heteroatoms. The maximum atomic E-state index is 14.4. The summed E-state index contributed by atoms with van der Waals surface area (Å²) in [5.74, 6) is 0.835. The molecule has 0 radical (unpaired) electrons. The van der Waals surface area contributed by atoms with Crippen molar-refractivity contribution >= 4 is 24.2 Å². The predicted molar refractivity (Wildman–Crippen MR) is 163 cm³/mol. The fourth-order valence-electron chi connectivity index (χ4n) is 7.06. The number of amides is 2. The first kappa shape index (κ1) is 30.1. The molecule has 222 valence electrons. The Morgan fingerprint density at radius 3 is 2.26 bits per heavy atom. The highest BCUT2D eigenvalue weighted by Crippen LogP contribution is 2.43. The average Bonchev–Trinajstić information content (AvgIpc) is 3.56. The highest BCUT2D eigenvalue weighted by molar-refractivity contribution is 5.94. The van der Waals surface area contributed by atoms with E-state index in [9.17, 15) is 14.0 Å². The molecule has 2 atom stereocenters. The summed E-state index contributed by atoms with van der Waals surface area (Å²) < 4.78 is 19.7. The average molecular weight is 592 g/mol. The van der Waals surface area contributed by atoms with Gasteiger partial charge in [0.15, 0.2) is 0 Å². The second-order valence-electron chi connectivity index (χ2n) is 11.9. The molecular weight excluding hydrogens is 553 g/mol. The summed E-state index contributed by atoms with van der Waals surface area (Å²) in [5.41, 5.74) is 2.22. The molecule has 0 unspecified atom stereocenters. The van der Waals surface area contributed by atoms with Crippen molar-refractivity contribution < 1.29 is 18.7 Å². The van der Waals surface area contributed by atoms with E-state index in [0.29, 0.717) is 19.6 Å². The molecule has 3 aromatic carbocycles. The maximum absolute atomic E-state index is 14.4. The lowest BCUT2D eigenvalue weighted by Crippen LogP contribution is -2.46. The van der Waals surface area contributed by atoms with Crippen molar-refractivity contribution in [1.82, 2.24) is 14.7 Å². The molecule has 3 aromatic rings. The number of carbonyl (C=O) groups excluding carboxylic acids is 2. The van der Waals surface area contributed by atoms with Gasteiger partial charge in [-0.05, 0) is 73.7 Å². The SMILES string of the molecule is COc1ccc(CN2CCC3(CCN(C[C@H]4CN(C(=O)c5ccccc5F)C[C@@H]4c4ccccc4)CC3)C2=O)cc1.Cl. The Kier molecular flexibility index (Phi) is 9.19. The Morgan fingerprint density at radius 1 is 0.905 bits per heavy atom. The normalized spacial score (nSPS) is 21.9. The van der Waals surface area contributed by atoms with Gasteiger partial charge in [0.1, 0.15) is 11.6 Å². The smallest absolute Gasteiger partial charge is 0.256 e. The fourth-order valence-corrected chi connectivity index (χ4v) is 7.06. The zero-order valence-electron chi connectivity index (χ0n) is 24.1. The molecule has 6 rings (SSSR count). The van der Waals surface area contributed by atoms with Crippen molar-refractivity contribution in [2.75, 3.05) is 46.4 Å². The summed E-state index contributed by atoms with van der Waals surface area (Å²) in [6.07, 6.45) is 2.65.